The maximum Gasteiger partial charge on any atom is 0.237 e. The van der Waals surface area contributed by atoms with Crippen molar-refractivity contribution in [3.63, 3.8) is 0 Å². The van der Waals surface area contributed by atoms with Gasteiger partial charge in [0.15, 0.2) is 11.6 Å². The topological polar surface area (TPSA) is 64.7 Å². The summed E-state index contributed by atoms with van der Waals surface area (Å²) in [7, 11) is 0. The summed E-state index contributed by atoms with van der Waals surface area (Å²) in [6.45, 7) is 3.83. The molecule has 2 heterocycles. The van der Waals surface area contributed by atoms with Crippen LogP contribution in [0.2, 0.25) is 0 Å². The van der Waals surface area contributed by atoms with Crippen molar-refractivity contribution in [3.05, 3.63) is 35.4 Å². The van der Waals surface area contributed by atoms with E-state index in [9.17, 15) is 18.4 Å². The Morgan fingerprint density at radius 1 is 1.09 bits per heavy atom. The summed E-state index contributed by atoms with van der Waals surface area (Å²) in [6, 6.07) is 4.11. The highest BCUT2D eigenvalue weighted by Gasteiger charge is 2.33. The number of nitrogens with zero attached hydrogens (tertiary/aromatic N) is 2. The summed E-state index contributed by atoms with van der Waals surface area (Å²) >= 11 is 0. The predicted octanol–water partition coefficient (Wildman–Crippen LogP) is 2.43. The molecule has 0 aromatic heterocycles. The molecule has 3 aliphatic rings. The van der Waals surface area contributed by atoms with Gasteiger partial charge < -0.3 is 15.5 Å². The molecule has 1 aromatic rings. The molecule has 32 heavy (non-hydrogen) atoms. The van der Waals surface area contributed by atoms with Crippen LogP contribution in [0.3, 0.4) is 0 Å². The number of carbonyl (C=O) groups excluding carboxylic acids is 2. The fourth-order valence-electron chi connectivity index (χ4n) is 5.36. The molecule has 1 aromatic carbocycles. The van der Waals surface area contributed by atoms with E-state index in [2.05, 4.69) is 15.5 Å². The summed E-state index contributed by atoms with van der Waals surface area (Å²) < 4.78 is 27.7. The van der Waals surface area contributed by atoms with Crippen molar-refractivity contribution in [1.29, 1.82) is 0 Å². The average Bonchev–Trinajstić information content (AvgIpc) is 3.33. The molecule has 0 bridgehead atoms. The third-order valence-corrected chi connectivity index (χ3v) is 7.30. The minimum absolute atomic E-state index is 0.0175. The minimum atomic E-state index is -0.905. The van der Waals surface area contributed by atoms with E-state index in [0.717, 1.165) is 38.0 Å². The van der Waals surface area contributed by atoms with E-state index in [1.165, 1.54) is 37.8 Å². The molecule has 2 amide bonds. The normalized spacial score (nSPS) is 23.9. The van der Waals surface area contributed by atoms with Gasteiger partial charge in [0.1, 0.15) is 0 Å². The van der Waals surface area contributed by atoms with Crippen molar-refractivity contribution in [2.45, 2.75) is 63.6 Å². The predicted molar refractivity (Wildman–Crippen MR) is 118 cm³/mol. The lowest BCUT2D eigenvalue weighted by atomic mass is 9.95. The van der Waals surface area contributed by atoms with E-state index in [-0.39, 0.29) is 30.3 Å². The number of benzene rings is 1. The summed E-state index contributed by atoms with van der Waals surface area (Å²) in [5.41, 5.74) is 0.194. The van der Waals surface area contributed by atoms with E-state index >= 15 is 0 Å². The molecule has 1 saturated carbocycles. The second-order valence-corrected chi connectivity index (χ2v) is 9.42. The first-order valence-corrected chi connectivity index (χ1v) is 12.0. The maximum atomic E-state index is 14.1. The number of rotatable bonds is 7. The number of carbonyl (C=O) groups is 2. The minimum Gasteiger partial charge on any atom is -0.356 e. The molecule has 176 valence electrons. The Morgan fingerprint density at radius 2 is 1.84 bits per heavy atom. The van der Waals surface area contributed by atoms with Crippen LogP contribution < -0.4 is 10.6 Å². The highest BCUT2D eigenvalue weighted by molar-refractivity contribution is 5.88. The number of likely N-dealkylation sites (tertiary alicyclic amines) is 1. The highest BCUT2D eigenvalue weighted by Crippen LogP contribution is 2.27. The third kappa shape index (κ3) is 5.64. The van der Waals surface area contributed by atoms with Crippen molar-refractivity contribution in [2.24, 2.45) is 5.92 Å². The van der Waals surface area contributed by atoms with Crippen LogP contribution in [0.4, 0.5) is 8.78 Å². The first-order valence-electron chi connectivity index (χ1n) is 12.0. The summed E-state index contributed by atoms with van der Waals surface area (Å²) in [4.78, 5) is 29.4. The quantitative estimate of drug-likeness (QED) is 0.673. The second-order valence-electron chi connectivity index (χ2n) is 9.42. The number of nitrogens with one attached hydrogen (secondary N) is 2. The first kappa shape index (κ1) is 23.1. The van der Waals surface area contributed by atoms with Gasteiger partial charge in [0.25, 0.3) is 0 Å². The fraction of sp³-hybridized carbons (Fsp3) is 0.667. The fourth-order valence-corrected chi connectivity index (χ4v) is 5.36. The van der Waals surface area contributed by atoms with Crippen molar-refractivity contribution < 1.29 is 18.4 Å². The molecule has 4 rings (SSSR count). The molecule has 0 radical (unpaired) electrons. The summed E-state index contributed by atoms with van der Waals surface area (Å²) in [6.07, 6.45) is 7.53. The van der Waals surface area contributed by atoms with Crippen LogP contribution in [0.5, 0.6) is 0 Å². The second kappa shape index (κ2) is 10.7. The molecule has 1 aliphatic carbocycles. The van der Waals surface area contributed by atoms with E-state index in [4.69, 9.17) is 0 Å². The van der Waals surface area contributed by atoms with Gasteiger partial charge in [-0.25, -0.2) is 8.78 Å². The standard InChI is InChI=1S/C24H34F2N4O2/c25-20-7-3-4-18(23(20)26)16-30-13-10-27-24(32)21(30)14-22(31)28-15-17-8-11-29(12-9-17)19-5-1-2-6-19/h3-4,7,17,19,21H,1-2,5-6,8-16H2,(H,27,32)(H,28,31). The van der Waals surface area contributed by atoms with E-state index < -0.39 is 17.7 Å². The first-order chi connectivity index (χ1) is 15.5. The van der Waals surface area contributed by atoms with Crippen LogP contribution in [-0.2, 0) is 16.1 Å². The van der Waals surface area contributed by atoms with Crippen LogP contribution in [0.15, 0.2) is 18.2 Å². The lowest BCUT2D eigenvalue weighted by Gasteiger charge is -2.36. The zero-order valence-corrected chi connectivity index (χ0v) is 18.6. The van der Waals surface area contributed by atoms with Crippen LogP contribution in [-0.4, -0.2) is 66.4 Å². The lowest BCUT2D eigenvalue weighted by molar-refractivity contribution is -0.134. The van der Waals surface area contributed by atoms with Gasteiger partial charge >= 0.3 is 0 Å². The Labute approximate surface area is 188 Å². The number of halogens is 2. The van der Waals surface area contributed by atoms with Gasteiger partial charge in [-0.15, -0.1) is 0 Å². The van der Waals surface area contributed by atoms with Gasteiger partial charge in [-0.2, -0.15) is 0 Å². The van der Waals surface area contributed by atoms with Crippen LogP contribution >= 0.6 is 0 Å². The van der Waals surface area contributed by atoms with Gasteiger partial charge in [0, 0.05) is 37.8 Å². The highest BCUT2D eigenvalue weighted by atomic mass is 19.2. The summed E-state index contributed by atoms with van der Waals surface area (Å²) in [5, 5.41) is 5.79. The lowest BCUT2D eigenvalue weighted by Crippen LogP contribution is -2.56. The van der Waals surface area contributed by atoms with Gasteiger partial charge in [-0.1, -0.05) is 25.0 Å². The molecule has 2 saturated heterocycles. The molecule has 8 heteroatoms. The largest absolute Gasteiger partial charge is 0.356 e. The Balaban J connectivity index is 1.26. The number of piperidine rings is 1. The van der Waals surface area contributed by atoms with E-state index in [0.29, 0.717) is 25.6 Å². The Morgan fingerprint density at radius 3 is 2.59 bits per heavy atom. The maximum absolute atomic E-state index is 14.1. The van der Waals surface area contributed by atoms with Gasteiger partial charge in [0.2, 0.25) is 11.8 Å². The zero-order valence-electron chi connectivity index (χ0n) is 18.6. The Bertz CT molecular complexity index is 807. The monoisotopic (exact) mass is 448 g/mol. The molecule has 3 fully saturated rings. The zero-order chi connectivity index (χ0) is 22.5. The number of hydrogen-bond acceptors (Lipinski definition) is 4. The molecular weight excluding hydrogens is 414 g/mol. The van der Waals surface area contributed by atoms with Crippen LogP contribution in [0, 0.1) is 17.6 Å². The van der Waals surface area contributed by atoms with Crippen molar-refractivity contribution in [2.75, 3.05) is 32.7 Å². The average molecular weight is 449 g/mol. The van der Waals surface area contributed by atoms with Crippen molar-refractivity contribution >= 4 is 11.8 Å². The van der Waals surface area contributed by atoms with Gasteiger partial charge in [-0.05, 0) is 50.8 Å². The van der Waals surface area contributed by atoms with Crippen molar-refractivity contribution in [1.82, 2.24) is 20.4 Å². The molecule has 1 unspecified atom stereocenters. The molecular formula is C24H34F2N4O2. The number of hydrogen-bond donors (Lipinski definition) is 2. The van der Waals surface area contributed by atoms with Crippen LogP contribution in [0.1, 0.15) is 50.5 Å². The number of piperazine rings is 1. The Kier molecular flexibility index (Phi) is 7.73. The Hall–Kier alpha value is -2.06. The smallest absolute Gasteiger partial charge is 0.237 e. The summed E-state index contributed by atoms with van der Waals surface area (Å²) in [5.74, 6) is -1.75. The molecule has 1 atom stereocenters. The molecule has 2 aliphatic heterocycles. The molecule has 0 spiro atoms. The SMILES string of the molecule is O=C(CC1C(=O)NCCN1Cc1cccc(F)c1F)NCC1CCN(C2CCCC2)CC1. The van der Waals surface area contributed by atoms with Gasteiger partial charge in [0.05, 0.1) is 12.5 Å². The van der Waals surface area contributed by atoms with E-state index in [1.54, 1.807) is 4.90 Å². The van der Waals surface area contributed by atoms with Crippen molar-refractivity contribution in [3.8, 4) is 0 Å². The molecule has 6 nitrogen and oxygen atoms in total. The van der Waals surface area contributed by atoms with E-state index in [1.807, 2.05) is 0 Å². The van der Waals surface area contributed by atoms with Crippen LogP contribution in [0.25, 0.3) is 0 Å². The third-order valence-electron chi connectivity index (χ3n) is 7.30. The number of amides is 2. The molecule has 2 N–H and O–H groups in total. The van der Waals surface area contributed by atoms with Gasteiger partial charge in [-0.3, -0.25) is 14.5 Å².